The molecule has 0 radical (unpaired) electrons. The Morgan fingerprint density at radius 3 is 2.28 bits per heavy atom. The third kappa shape index (κ3) is 4.15. The minimum Gasteiger partial charge on any atom is -0.296 e. The van der Waals surface area contributed by atoms with E-state index < -0.39 is 10.0 Å². The molecule has 1 heterocycles. The van der Waals surface area contributed by atoms with Crippen LogP contribution < -0.4 is 0 Å². The summed E-state index contributed by atoms with van der Waals surface area (Å²) in [5.74, 6) is -0.135. The second-order valence-electron chi connectivity index (χ2n) is 6.25. The monoisotopic (exact) mass is 358 g/mol. The highest BCUT2D eigenvalue weighted by Crippen LogP contribution is 2.20. The first-order valence-corrected chi connectivity index (χ1v) is 9.78. The van der Waals surface area contributed by atoms with Crippen LogP contribution in [0.4, 0.5) is 0 Å². The summed E-state index contributed by atoms with van der Waals surface area (Å²) in [6, 6.07) is 16.5. The van der Waals surface area contributed by atoms with Crippen LogP contribution in [-0.4, -0.2) is 49.6 Å². The van der Waals surface area contributed by atoms with Crippen LogP contribution in [0.5, 0.6) is 0 Å². The summed E-state index contributed by atoms with van der Waals surface area (Å²) in [7, 11) is -3.56. The van der Waals surface area contributed by atoms with Crippen molar-refractivity contribution in [3.8, 4) is 0 Å². The maximum Gasteiger partial charge on any atom is 0.243 e. The fourth-order valence-corrected chi connectivity index (χ4v) is 4.46. The van der Waals surface area contributed by atoms with Crippen LogP contribution in [0.25, 0.3) is 0 Å². The average molecular weight is 358 g/mol. The zero-order valence-corrected chi connectivity index (χ0v) is 15.1. The standard InChI is InChI=1S/C19H22N2O3S/c1-16(22)18-8-5-9-19(14-18)25(23,24)21-12-10-20(11-13-21)15-17-6-3-2-4-7-17/h2-9,14H,10-13,15H2,1H3. The van der Waals surface area contributed by atoms with Gasteiger partial charge in [-0.2, -0.15) is 4.31 Å². The first-order valence-electron chi connectivity index (χ1n) is 8.34. The highest BCUT2D eigenvalue weighted by Gasteiger charge is 2.28. The molecule has 0 aromatic heterocycles. The molecular weight excluding hydrogens is 336 g/mol. The third-order valence-electron chi connectivity index (χ3n) is 4.46. The van der Waals surface area contributed by atoms with Crippen LogP contribution in [-0.2, 0) is 16.6 Å². The molecule has 1 saturated heterocycles. The second-order valence-corrected chi connectivity index (χ2v) is 8.19. The van der Waals surface area contributed by atoms with Crippen LogP contribution in [0.3, 0.4) is 0 Å². The van der Waals surface area contributed by atoms with Crippen molar-refractivity contribution in [1.29, 1.82) is 0 Å². The van der Waals surface area contributed by atoms with Crippen molar-refractivity contribution in [1.82, 2.24) is 9.21 Å². The smallest absolute Gasteiger partial charge is 0.243 e. The highest BCUT2D eigenvalue weighted by molar-refractivity contribution is 7.89. The van der Waals surface area contributed by atoms with E-state index in [0.29, 0.717) is 31.7 Å². The van der Waals surface area contributed by atoms with Gasteiger partial charge in [0, 0.05) is 38.3 Å². The lowest BCUT2D eigenvalue weighted by molar-refractivity contribution is 0.101. The molecule has 0 spiro atoms. The number of hydrogen-bond donors (Lipinski definition) is 0. The number of rotatable bonds is 5. The van der Waals surface area contributed by atoms with Crippen LogP contribution in [0.15, 0.2) is 59.5 Å². The lowest BCUT2D eigenvalue weighted by Gasteiger charge is -2.34. The summed E-state index contributed by atoms with van der Waals surface area (Å²) >= 11 is 0. The van der Waals surface area contributed by atoms with E-state index in [1.807, 2.05) is 18.2 Å². The summed E-state index contributed by atoms with van der Waals surface area (Å²) in [5.41, 5.74) is 1.65. The molecule has 1 aliphatic rings. The van der Waals surface area contributed by atoms with Gasteiger partial charge in [-0.15, -0.1) is 0 Å². The fourth-order valence-electron chi connectivity index (χ4n) is 2.99. The second kappa shape index (κ2) is 7.47. The average Bonchev–Trinajstić information content (AvgIpc) is 2.63. The molecule has 3 rings (SSSR count). The SMILES string of the molecule is CC(=O)c1cccc(S(=O)(=O)N2CCN(Cc3ccccc3)CC2)c1. The van der Waals surface area contributed by atoms with E-state index in [4.69, 9.17) is 0 Å². The summed E-state index contributed by atoms with van der Waals surface area (Å²) < 4.78 is 27.2. The predicted molar refractivity (Wildman–Crippen MR) is 96.9 cm³/mol. The number of hydrogen-bond acceptors (Lipinski definition) is 4. The number of Topliss-reactive ketones (excluding diaryl/α,β-unsaturated/α-hetero) is 1. The number of carbonyl (C=O) groups is 1. The van der Waals surface area contributed by atoms with Gasteiger partial charge >= 0.3 is 0 Å². The number of ketones is 1. The first kappa shape index (κ1) is 17.8. The van der Waals surface area contributed by atoms with Gasteiger partial charge in [-0.1, -0.05) is 42.5 Å². The molecule has 132 valence electrons. The summed E-state index contributed by atoms with van der Waals surface area (Å²) in [5, 5.41) is 0. The minimum absolute atomic E-state index is 0.135. The van der Waals surface area contributed by atoms with Crippen molar-refractivity contribution in [3.05, 3.63) is 65.7 Å². The van der Waals surface area contributed by atoms with Gasteiger partial charge in [0.25, 0.3) is 0 Å². The van der Waals surface area contributed by atoms with Crippen molar-refractivity contribution >= 4 is 15.8 Å². The Kier molecular flexibility index (Phi) is 5.32. The first-order chi connectivity index (χ1) is 12.0. The topological polar surface area (TPSA) is 57.7 Å². The number of benzene rings is 2. The molecule has 6 heteroatoms. The minimum atomic E-state index is -3.56. The molecule has 0 aliphatic carbocycles. The Morgan fingerprint density at radius 2 is 1.64 bits per heavy atom. The van der Waals surface area contributed by atoms with Crippen LogP contribution in [0.1, 0.15) is 22.8 Å². The van der Waals surface area contributed by atoms with Crippen molar-refractivity contribution in [2.75, 3.05) is 26.2 Å². The summed E-state index contributed by atoms with van der Waals surface area (Å²) in [6.45, 7) is 4.57. The molecule has 0 amide bonds. The Balaban J connectivity index is 1.67. The quantitative estimate of drug-likeness (QED) is 0.770. The maximum absolute atomic E-state index is 12.8. The van der Waals surface area contributed by atoms with Crippen molar-refractivity contribution < 1.29 is 13.2 Å². The van der Waals surface area contributed by atoms with E-state index in [9.17, 15) is 13.2 Å². The molecule has 0 atom stereocenters. The van der Waals surface area contributed by atoms with Crippen molar-refractivity contribution in [2.45, 2.75) is 18.4 Å². The lowest BCUT2D eigenvalue weighted by Crippen LogP contribution is -2.48. The number of nitrogens with zero attached hydrogens (tertiary/aromatic N) is 2. The zero-order valence-electron chi connectivity index (χ0n) is 14.3. The number of carbonyl (C=O) groups excluding carboxylic acids is 1. The lowest BCUT2D eigenvalue weighted by atomic mass is 10.2. The van der Waals surface area contributed by atoms with E-state index in [0.717, 1.165) is 6.54 Å². The normalized spacial score (nSPS) is 16.7. The summed E-state index contributed by atoms with van der Waals surface area (Å²) in [6.07, 6.45) is 0. The van der Waals surface area contributed by atoms with E-state index in [1.54, 1.807) is 18.2 Å². The highest BCUT2D eigenvalue weighted by atomic mass is 32.2. The van der Waals surface area contributed by atoms with Gasteiger partial charge in [-0.05, 0) is 24.6 Å². The molecule has 25 heavy (non-hydrogen) atoms. The Bertz CT molecular complexity index is 842. The fraction of sp³-hybridized carbons (Fsp3) is 0.316. The molecule has 1 aliphatic heterocycles. The van der Waals surface area contributed by atoms with Crippen LogP contribution in [0.2, 0.25) is 0 Å². The summed E-state index contributed by atoms with van der Waals surface area (Å²) in [4.78, 5) is 14.0. The van der Waals surface area contributed by atoms with E-state index in [2.05, 4.69) is 17.0 Å². The Morgan fingerprint density at radius 1 is 0.960 bits per heavy atom. The number of sulfonamides is 1. The Labute approximate surface area is 148 Å². The van der Waals surface area contributed by atoms with Crippen molar-refractivity contribution in [3.63, 3.8) is 0 Å². The molecule has 2 aromatic carbocycles. The van der Waals surface area contributed by atoms with Crippen LogP contribution >= 0.6 is 0 Å². The molecule has 0 unspecified atom stereocenters. The largest absolute Gasteiger partial charge is 0.296 e. The van der Waals surface area contributed by atoms with Crippen LogP contribution in [0, 0.1) is 0 Å². The maximum atomic E-state index is 12.8. The predicted octanol–water partition coefficient (Wildman–Crippen LogP) is 2.40. The molecule has 2 aromatic rings. The molecule has 0 N–H and O–H groups in total. The third-order valence-corrected chi connectivity index (χ3v) is 6.35. The number of piperazine rings is 1. The van der Waals surface area contributed by atoms with E-state index >= 15 is 0 Å². The van der Waals surface area contributed by atoms with Gasteiger partial charge in [0.2, 0.25) is 10.0 Å². The van der Waals surface area contributed by atoms with Gasteiger partial charge in [0.1, 0.15) is 0 Å². The van der Waals surface area contributed by atoms with Gasteiger partial charge < -0.3 is 0 Å². The van der Waals surface area contributed by atoms with E-state index in [1.165, 1.54) is 22.9 Å². The molecule has 1 fully saturated rings. The van der Waals surface area contributed by atoms with Gasteiger partial charge in [0.15, 0.2) is 5.78 Å². The molecule has 0 bridgehead atoms. The molecule has 5 nitrogen and oxygen atoms in total. The Hall–Kier alpha value is -2.02. The molecular formula is C19H22N2O3S. The van der Waals surface area contributed by atoms with Gasteiger partial charge in [0.05, 0.1) is 4.90 Å². The van der Waals surface area contributed by atoms with Crippen molar-refractivity contribution in [2.24, 2.45) is 0 Å². The van der Waals surface area contributed by atoms with Gasteiger partial charge in [-0.3, -0.25) is 9.69 Å². The molecule has 0 saturated carbocycles. The zero-order chi connectivity index (χ0) is 17.9. The van der Waals surface area contributed by atoms with Gasteiger partial charge in [-0.25, -0.2) is 8.42 Å². The van der Waals surface area contributed by atoms with E-state index in [-0.39, 0.29) is 10.7 Å².